The molecule has 0 radical (unpaired) electrons. The summed E-state index contributed by atoms with van der Waals surface area (Å²) in [4.78, 5) is 11.2. The summed E-state index contributed by atoms with van der Waals surface area (Å²) in [6, 6.07) is 21.5. The third-order valence-electron chi connectivity index (χ3n) is 5.17. The summed E-state index contributed by atoms with van der Waals surface area (Å²) in [5.74, 6) is 0.875. The molecular weight excluding hydrogens is 513 g/mol. The zero-order chi connectivity index (χ0) is 22.9. The molecule has 32 heavy (non-hydrogen) atoms. The maximum Gasteiger partial charge on any atom is 0.311 e. The molecule has 3 rings (SSSR count). The lowest BCUT2D eigenvalue weighted by Gasteiger charge is -2.10. The van der Waals surface area contributed by atoms with Gasteiger partial charge in [0.15, 0.2) is 0 Å². The number of aryl methyl sites for hydroxylation is 1. The first kappa shape index (κ1) is 24.1. The Hall–Kier alpha value is -2.54. The first-order valence-electron chi connectivity index (χ1n) is 11.1. The lowest BCUT2D eigenvalue weighted by atomic mass is 10.0. The standard InChI is InChI=1S/C27H30INO3/c1-4-6-8-21-9-11-22(12-10-21)23-13-18-26(29(30)31)27(19-23)32-25-16-14-24(15-17-25)28-20(3)7-5-2/h9-19H,4-8H2,1-3H3. The van der Waals surface area contributed by atoms with Crippen molar-refractivity contribution in [2.75, 3.05) is 0 Å². The van der Waals surface area contributed by atoms with Gasteiger partial charge in [-0.3, -0.25) is 10.1 Å². The molecule has 4 nitrogen and oxygen atoms in total. The van der Waals surface area contributed by atoms with Gasteiger partial charge >= 0.3 is 5.69 Å². The zero-order valence-electron chi connectivity index (χ0n) is 18.9. The summed E-state index contributed by atoms with van der Waals surface area (Å²) in [7, 11) is 0. The minimum absolute atomic E-state index is 0.0306. The number of hydrogen-bond donors (Lipinski definition) is 0. The van der Waals surface area contributed by atoms with Gasteiger partial charge < -0.3 is 4.74 Å². The molecule has 0 saturated heterocycles. The van der Waals surface area contributed by atoms with Crippen molar-refractivity contribution in [3.05, 3.63) is 86.0 Å². The van der Waals surface area contributed by atoms with E-state index in [1.165, 1.54) is 40.9 Å². The van der Waals surface area contributed by atoms with Crippen molar-refractivity contribution in [3.63, 3.8) is 0 Å². The molecule has 0 aromatic heterocycles. The molecule has 0 heterocycles. The van der Waals surface area contributed by atoms with Crippen LogP contribution in [0.1, 0.15) is 52.0 Å². The van der Waals surface area contributed by atoms with E-state index in [1.54, 1.807) is 15.6 Å². The molecule has 168 valence electrons. The zero-order valence-corrected chi connectivity index (χ0v) is 21.1. The second-order valence-electron chi connectivity index (χ2n) is 7.82. The molecule has 0 unspecified atom stereocenters. The molecule has 0 fully saturated rings. The summed E-state index contributed by atoms with van der Waals surface area (Å²) >= 11 is -0.123. The number of nitro groups is 1. The van der Waals surface area contributed by atoms with E-state index in [4.69, 9.17) is 4.74 Å². The third-order valence-corrected chi connectivity index (χ3v) is 7.97. The van der Waals surface area contributed by atoms with Crippen LogP contribution in [0, 0.1) is 13.7 Å². The highest BCUT2D eigenvalue weighted by molar-refractivity contribution is 14.2. The average Bonchev–Trinajstić information content (AvgIpc) is 2.79. The van der Waals surface area contributed by atoms with Gasteiger partial charge in [0.25, 0.3) is 0 Å². The second-order valence-corrected chi connectivity index (χ2v) is 11.4. The Labute approximate surface area is 200 Å². The number of rotatable bonds is 10. The SMILES string of the molecule is CCCCc1ccc(-c2ccc([N+](=O)[O-])c(Oc3ccc(I=C(C)CCC)cc3)c2)cc1. The lowest BCUT2D eigenvalue weighted by molar-refractivity contribution is -0.385. The van der Waals surface area contributed by atoms with Crippen LogP contribution in [0.2, 0.25) is 0 Å². The van der Waals surface area contributed by atoms with Crippen molar-refractivity contribution in [2.24, 2.45) is 0 Å². The second kappa shape index (κ2) is 11.9. The molecule has 3 aromatic rings. The highest BCUT2D eigenvalue weighted by Crippen LogP contribution is 2.36. The van der Waals surface area contributed by atoms with Gasteiger partial charge in [-0.2, -0.15) is 0 Å². The van der Waals surface area contributed by atoms with E-state index < -0.39 is 4.92 Å². The third kappa shape index (κ3) is 6.73. The number of hydrogen-bond acceptors (Lipinski definition) is 3. The Kier molecular flexibility index (Phi) is 8.97. The normalized spacial score (nSPS) is 11.7. The molecule has 0 aliphatic heterocycles. The predicted octanol–water partition coefficient (Wildman–Crippen LogP) is 8.53. The van der Waals surface area contributed by atoms with Crippen molar-refractivity contribution in [1.29, 1.82) is 0 Å². The van der Waals surface area contributed by atoms with E-state index in [-0.39, 0.29) is 32.2 Å². The maximum absolute atomic E-state index is 11.6. The average molecular weight is 543 g/mol. The van der Waals surface area contributed by atoms with Crippen LogP contribution in [0.25, 0.3) is 11.1 Å². The number of unbranched alkanes of at least 4 members (excludes halogenated alkanes) is 1. The van der Waals surface area contributed by atoms with Crippen molar-refractivity contribution >= 4 is 29.9 Å². The monoisotopic (exact) mass is 543 g/mol. The fraction of sp³-hybridized carbons (Fsp3) is 0.296. The largest absolute Gasteiger partial charge is 0.450 e. The van der Waals surface area contributed by atoms with Crippen molar-refractivity contribution in [1.82, 2.24) is 0 Å². The van der Waals surface area contributed by atoms with E-state index in [1.807, 2.05) is 12.1 Å². The van der Waals surface area contributed by atoms with Gasteiger partial charge in [-0.25, -0.2) is 0 Å². The van der Waals surface area contributed by atoms with E-state index >= 15 is 0 Å². The number of benzene rings is 3. The van der Waals surface area contributed by atoms with Gasteiger partial charge in [0.05, 0.1) is 4.92 Å². The van der Waals surface area contributed by atoms with E-state index in [2.05, 4.69) is 57.2 Å². The van der Waals surface area contributed by atoms with Gasteiger partial charge in [0, 0.05) is 9.64 Å². The summed E-state index contributed by atoms with van der Waals surface area (Å²) in [5.41, 5.74) is 3.20. The van der Waals surface area contributed by atoms with Crippen LogP contribution in [-0.2, 0) is 6.42 Å². The molecule has 3 aromatic carbocycles. The van der Waals surface area contributed by atoms with Gasteiger partial charge in [-0.05, 0) is 82.8 Å². The quantitative estimate of drug-likeness (QED) is 0.146. The van der Waals surface area contributed by atoms with Crippen LogP contribution in [-0.4, -0.2) is 8.43 Å². The van der Waals surface area contributed by atoms with Crippen molar-refractivity contribution in [3.8, 4) is 22.6 Å². The molecule has 0 N–H and O–H groups in total. The molecule has 0 amide bonds. The number of halogens is 1. The summed E-state index contributed by atoms with van der Waals surface area (Å²) in [5, 5.41) is 11.6. The molecule has 5 heteroatoms. The molecule has 0 bridgehead atoms. The summed E-state index contributed by atoms with van der Waals surface area (Å²) in [6.45, 7) is 6.62. The van der Waals surface area contributed by atoms with Crippen LogP contribution < -0.4 is 4.74 Å². The molecule has 0 aliphatic rings. The van der Waals surface area contributed by atoms with Crippen LogP contribution in [0.3, 0.4) is 0 Å². The first-order chi connectivity index (χ1) is 15.5. The Morgan fingerprint density at radius 2 is 1.62 bits per heavy atom. The lowest BCUT2D eigenvalue weighted by Crippen LogP contribution is -1.94. The van der Waals surface area contributed by atoms with Crippen LogP contribution in [0.5, 0.6) is 11.5 Å². The van der Waals surface area contributed by atoms with Crippen LogP contribution >= 0.6 is 20.7 Å². The van der Waals surface area contributed by atoms with Crippen LogP contribution in [0.4, 0.5) is 5.69 Å². The number of nitrogens with zero attached hydrogens (tertiary/aromatic N) is 1. The predicted molar refractivity (Wildman–Crippen MR) is 142 cm³/mol. The van der Waals surface area contributed by atoms with Crippen molar-refractivity contribution < 1.29 is 9.66 Å². The van der Waals surface area contributed by atoms with E-state index in [0.29, 0.717) is 5.75 Å². The molecular formula is C27H30INO3. The summed E-state index contributed by atoms with van der Waals surface area (Å²) in [6.07, 6.45) is 5.76. The fourth-order valence-electron chi connectivity index (χ4n) is 3.44. The van der Waals surface area contributed by atoms with Gasteiger partial charge in [0.2, 0.25) is 5.75 Å². The highest BCUT2D eigenvalue weighted by atomic mass is 127. The number of nitro benzene ring substituents is 1. The Balaban J connectivity index is 1.84. The van der Waals surface area contributed by atoms with Crippen molar-refractivity contribution in [2.45, 2.75) is 52.9 Å². The Morgan fingerprint density at radius 3 is 2.25 bits per heavy atom. The fourth-order valence-corrected chi connectivity index (χ4v) is 6.03. The Morgan fingerprint density at radius 1 is 0.938 bits per heavy atom. The van der Waals surface area contributed by atoms with E-state index in [9.17, 15) is 10.1 Å². The molecule has 0 aliphatic carbocycles. The minimum atomic E-state index is -0.393. The topological polar surface area (TPSA) is 52.4 Å². The Bertz CT molecular complexity index is 1070. The van der Waals surface area contributed by atoms with Gasteiger partial charge in [-0.1, -0.05) is 71.7 Å². The smallest absolute Gasteiger partial charge is 0.311 e. The van der Waals surface area contributed by atoms with E-state index in [0.717, 1.165) is 17.5 Å². The maximum atomic E-state index is 11.6. The van der Waals surface area contributed by atoms with Crippen LogP contribution in [0.15, 0.2) is 66.7 Å². The summed E-state index contributed by atoms with van der Waals surface area (Å²) < 4.78 is 8.87. The minimum Gasteiger partial charge on any atom is -0.450 e. The molecule has 0 atom stereocenters. The number of ether oxygens (including phenoxy) is 1. The van der Waals surface area contributed by atoms with Gasteiger partial charge in [0.1, 0.15) is 5.75 Å². The first-order valence-corrected chi connectivity index (χ1v) is 13.3. The highest BCUT2D eigenvalue weighted by Gasteiger charge is 2.17. The van der Waals surface area contributed by atoms with Gasteiger partial charge in [-0.15, -0.1) is 0 Å². The molecule has 0 saturated carbocycles. The molecule has 0 spiro atoms.